The molecule has 58 valence electrons. The third-order valence-corrected chi connectivity index (χ3v) is 1.62. The predicted octanol–water partition coefficient (Wildman–Crippen LogP) is 2.51. The normalized spacial score (nSPS) is 10.2. The molecule has 0 aliphatic rings. The lowest BCUT2D eigenvalue weighted by Gasteiger charge is -2.06. The van der Waals surface area contributed by atoms with Gasteiger partial charge >= 0.3 is 0 Å². The SMILES string of the molecule is [CH]C(C)c1cccc(OC)c1. The lowest BCUT2D eigenvalue weighted by molar-refractivity contribution is 0.414. The molecule has 1 atom stereocenters. The Morgan fingerprint density at radius 3 is 2.73 bits per heavy atom. The summed E-state index contributed by atoms with van der Waals surface area (Å²) in [6, 6.07) is 7.79. The molecular formula is C10H12O. The van der Waals surface area contributed by atoms with Crippen LogP contribution in [0.1, 0.15) is 18.4 Å². The van der Waals surface area contributed by atoms with E-state index in [1.807, 2.05) is 31.2 Å². The van der Waals surface area contributed by atoms with Gasteiger partial charge in [0.25, 0.3) is 0 Å². The topological polar surface area (TPSA) is 9.23 Å². The first-order valence-corrected chi connectivity index (χ1v) is 3.63. The van der Waals surface area contributed by atoms with Gasteiger partial charge in [-0.2, -0.15) is 0 Å². The van der Waals surface area contributed by atoms with E-state index < -0.39 is 0 Å². The molecule has 0 fully saturated rings. The lowest BCUT2D eigenvalue weighted by atomic mass is 10.0. The molecule has 0 saturated carbocycles. The van der Waals surface area contributed by atoms with Crippen LogP contribution < -0.4 is 4.74 Å². The van der Waals surface area contributed by atoms with Crippen molar-refractivity contribution in [3.05, 3.63) is 36.8 Å². The maximum Gasteiger partial charge on any atom is 0.119 e. The molecule has 0 heterocycles. The maximum atomic E-state index is 5.68. The third-order valence-electron chi connectivity index (χ3n) is 1.62. The number of methoxy groups -OCH3 is 1. The molecule has 1 aromatic carbocycles. The van der Waals surface area contributed by atoms with Crippen LogP contribution in [0.3, 0.4) is 0 Å². The molecule has 0 spiro atoms. The second-order valence-corrected chi connectivity index (χ2v) is 2.57. The Labute approximate surface area is 68.0 Å². The summed E-state index contributed by atoms with van der Waals surface area (Å²) in [7, 11) is 1.65. The van der Waals surface area contributed by atoms with Gasteiger partial charge in [0, 0.05) is 0 Å². The minimum absolute atomic E-state index is 0.0742. The van der Waals surface area contributed by atoms with Gasteiger partial charge in [0.05, 0.1) is 7.11 Å². The van der Waals surface area contributed by atoms with Crippen molar-refractivity contribution in [3.8, 4) is 5.75 Å². The van der Waals surface area contributed by atoms with Crippen molar-refractivity contribution in [2.45, 2.75) is 12.8 Å². The first kappa shape index (κ1) is 8.12. The van der Waals surface area contributed by atoms with E-state index in [2.05, 4.69) is 0 Å². The average molecular weight is 148 g/mol. The summed E-state index contributed by atoms with van der Waals surface area (Å²) in [6.07, 6.45) is 0. The van der Waals surface area contributed by atoms with E-state index >= 15 is 0 Å². The summed E-state index contributed by atoms with van der Waals surface area (Å²) in [6.45, 7) is 7.63. The molecule has 2 radical (unpaired) electrons. The van der Waals surface area contributed by atoms with Crippen LogP contribution in [0.15, 0.2) is 24.3 Å². The van der Waals surface area contributed by atoms with Gasteiger partial charge in [-0.3, -0.25) is 0 Å². The summed E-state index contributed by atoms with van der Waals surface area (Å²) < 4.78 is 5.05. The monoisotopic (exact) mass is 148 g/mol. The molecule has 1 rings (SSSR count). The van der Waals surface area contributed by atoms with Crippen LogP contribution in [0.2, 0.25) is 0 Å². The highest BCUT2D eigenvalue weighted by molar-refractivity contribution is 5.30. The number of rotatable bonds is 2. The fourth-order valence-electron chi connectivity index (χ4n) is 0.925. The first-order valence-electron chi connectivity index (χ1n) is 3.63. The number of ether oxygens (including phenoxy) is 1. The van der Waals surface area contributed by atoms with Gasteiger partial charge in [-0.25, -0.2) is 0 Å². The second kappa shape index (κ2) is 3.42. The van der Waals surface area contributed by atoms with Crippen molar-refractivity contribution in [1.29, 1.82) is 0 Å². The molecule has 1 heteroatoms. The first-order chi connectivity index (χ1) is 5.24. The highest BCUT2D eigenvalue weighted by Gasteiger charge is 1.98. The summed E-state index contributed by atoms with van der Waals surface area (Å²) in [5.74, 6) is 0.935. The van der Waals surface area contributed by atoms with Crippen LogP contribution in [0.5, 0.6) is 5.75 Å². The molecule has 0 amide bonds. The van der Waals surface area contributed by atoms with Crippen LogP contribution in [0.25, 0.3) is 0 Å². The molecular weight excluding hydrogens is 136 g/mol. The van der Waals surface area contributed by atoms with Crippen molar-refractivity contribution in [1.82, 2.24) is 0 Å². The van der Waals surface area contributed by atoms with E-state index in [-0.39, 0.29) is 5.92 Å². The Morgan fingerprint density at radius 1 is 1.45 bits per heavy atom. The lowest BCUT2D eigenvalue weighted by Crippen LogP contribution is -1.88. The van der Waals surface area contributed by atoms with Crippen molar-refractivity contribution >= 4 is 0 Å². The van der Waals surface area contributed by atoms with Crippen molar-refractivity contribution in [2.75, 3.05) is 7.11 Å². The summed E-state index contributed by atoms with van der Waals surface area (Å²) in [4.78, 5) is 0. The fraction of sp³-hybridized carbons (Fsp3) is 0.300. The zero-order valence-corrected chi connectivity index (χ0v) is 6.87. The molecule has 11 heavy (non-hydrogen) atoms. The molecule has 0 aromatic heterocycles. The zero-order valence-electron chi connectivity index (χ0n) is 6.87. The molecule has 1 aromatic rings. The van der Waals surface area contributed by atoms with Crippen molar-refractivity contribution in [2.24, 2.45) is 0 Å². The molecule has 0 N–H and O–H groups in total. The second-order valence-electron chi connectivity index (χ2n) is 2.57. The van der Waals surface area contributed by atoms with E-state index in [0.29, 0.717) is 0 Å². The van der Waals surface area contributed by atoms with Crippen molar-refractivity contribution in [3.63, 3.8) is 0 Å². The van der Waals surface area contributed by atoms with Gasteiger partial charge in [-0.05, 0) is 30.5 Å². The minimum Gasteiger partial charge on any atom is -0.497 e. The summed E-state index contributed by atoms with van der Waals surface area (Å²) >= 11 is 0. The van der Waals surface area contributed by atoms with E-state index in [4.69, 9.17) is 11.7 Å². The van der Waals surface area contributed by atoms with Crippen LogP contribution in [-0.2, 0) is 0 Å². The summed E-state index contributed by atoms with van der Waals surface area (Å²) in [5, 5.41) is 0. The number of hydrogen-bond donors (Lipinski definition) is 0. The molecule has 1 nitrogen and oxygen atoms in total. The van der Waals surface area contributed by atoms with Gasteiger partial charge in [0.15, 0.2) is 0 Å². The van der Waals surface area contributed by atoms with Crippen LogP contribution >= 0.6 is 0 Å². The quantitative estimate of drug-likeness (QED) is 0.626. The Hall–Kier alpha value is -0.980. The molecule has 0 aliphatic carbocycles. The van der Waals surface area contributed by atoms with Crippen LogP contribution in [0.4, 0.5) is 0 Å². The minimum atomic E-state index is 0.0742. The standard InChI is InChI=1S/C10H12O/c1-8(2)9-5-4-6-10(7-9)11-3/h1,4-8H,2-3H3. The Kier molecular flexibility index (Phi) is 2.53. The fourth-order valence-corrected chi connectivity index (χ4v) is 0.925. The van der Waals surface area contributed by atoms with Gasteiger partial charge in [-0.15, -0.1) is 0 Å². The maximum absolute atomic E-state index is 5.68. The van der Waals surface area contributed by atoms with Crippen LogP contribution in [0, 0.1) is 6.92 Å². The van der Waals surface area contributed by atoms with Gasteiger partial charge in [0.1, 0.15) is 5.75 Å². The molecule has 0 saturated heterocycles. The van der Waals surface area contributed by atoms with E-state index in [9.17, 15) is 0 Å². The third kappa shape index (κ3) is 1.97. The average Bonchev–Trinajstić information content (AvgIpc) is 2.05. The predicted molar refractivity (Wildman–Crippen MR) is 45.7 cm³/mol. The largest absolute Gasteiger partial charge is 0.497 e. The highest BCUT2D eigenvalue weighted by Crippen LogP contribution is 2.18. The Bertz CT molecular complexity index is 228. The summed E-state index contributed by atoms with van der Waals surface area (Å²) in [5.41, 5.74) is 1.10. The molecule has 0 bridgehead atoms. The zero-order chi connectivity index (χ0) is 8.27. The number of hydrogen-bond acceptors (Lipinski definition) is 1. The van der Waals surface area contributed by atoms with E-state index in [0.717, 1.165) is 11.3 Å². The van der Waals surface area contributed by atoms with Crippen molar-refractivity contribution < 1.29 is 4.74 Å². The molecule has 0 aliphatic heterocycles. The Balaban J connectivity index is 2.91. The van der Waals surface area contributed by atoms with Gasteiger partial charge in [-0.1, -0.05) is 19.1 Å². The van der Waals surface area contributed by atoms with Gasteiger partial charge < -0.3 is 4.74 Å². The Morgan fingerprint density at radius 2 is 2.18 bits per heavy atom. The molecule has 1 unspecified atom stereocenters. The van der Waals surface area contributed by atoms with E-state index in [1.165, 1.54) is 0 Å². The number of benzene rings is 1. The van der Waals surface area contributed by atoms with Crippen LogP contribution in [-0.4, -0.2) is 7.11 Å². The van der Waals surface area contributed by atoms with Gasteiger partial charge in [0.2, 0.25) is 0 Å². The highest BCUT2D eigenvalue weighted by atomic mass is 16.5. The van der Waals surface area contributed by atoms with E-state index in [1.54, 1.807) is 7.11 Å². The smallest absolute Gasteiger partial charge is 0.119 e.